The van der Waals surface area contributed by atoms with E-state index >= 15 is 0 Å². The summed E-state index contributed by atoms with van der Waals surface area (Å²) in [6.45, 7) is 8.50. The zero-order valence-electron chi connectivity index (χ0n) is 33.2. The van der Waals surface area contributed by atoms with Gasteiger partial charge < -0.3 is 38.6 Å². The predicted molar refractivity (Wildman–Crippen MR) is 205 cm³/mol. The van der Waals surface area contributed by atoms with Crippen LogP contribution < -0.4 is 0 Å². The van der Waals surface area contributed by atoms with Crippen molar-refractivity contribution in [1.29, 1.82) is 0 Å². The Labute approximate surface area is 336 Å². The van der Waals surface area contributed by atoms with E-state index in [9.17, 15) is 34.2 Å². The molecule has 1 aliphatic heterocycles. The van der Waals surface area contributed by atoms with E-state index in [2.05, 4.69) is 0 Å². The molecule has 3 aromatic rings. The van der Waals surface area contributed by atoms with E-state index in [1.54, 1.807) is 105 Å². The van der Waals surface area contributed by atoms with Gasteiger partial charge in [0.25, 0.3) is 0 Å². The molecule has 2 saturated carbocycles. The molecule has 13 nitrogen and oxygen atoms in total. The second-order valence-corrected chi connectivity index (χ2v) is 16.4. The van der Waals surface area contributed by atoms with Crippen LogP contribution in [-0.2, 0) is 38.0 Å². The molecular weight excluding hydrogens is 748 g/mol. The number of hydrogen-bond donors (Lipinski definition) is 2. The highest BCUT2D eigenvalue weighted by Crippen LogP contribution is 2.69. The Morgan fingerprint density at radius 3 is 1.64 bits per heavy atom. The van der Waals surface area contributed by atoms with Gasteiger partial charge in [-0.25, -0.2) is 14.4 Å². The molecule has 0 bridgehead atoms. The van der Waals surface area contributed by atoms with E-state index in [-0.39, 0.29) is 41.7 Å². The Kier molecular flexibility index (Phi) is 10.6. The first-order valence-electron chi connectivity index (χ1n) is 19.3. The second kappa shape index (κ2) is 15.1. The quantitative estimate of drug-likeness (QED) is 0.165. The maximum Gasteiger partial charge on any atom is 0.338 e. The van der Waals surface area contributed by atoms with Crippen LogP contribution >= 0.6 is 0 Å². The van der Waals surface area contributed by atoms with Crippen molar-refractivity contribution in [1.82, 2.24) is 0 Å². The van der Waals surface area contributed by atoms with Crippen LogP contribution in [0.15, 0.2) is 102 Å². The molecule has 2 N–H and O–H groups in total. The molecule has 58 heavy (non-hydrogen) atoms. The number of hydrogen-bond acceptors (Lipinski definition) is 13. The van der Waals surface area contributed by atoms with Crippen molar-refractivity contribution in [2.75, 3.05) is 6.61 Å². The average molecular weight is 797 g/mol. The highest BCUT2D eigenvalue weighted by molar-refractivity contribution is 5.91. The maximum absolute atomic E-state index is 14.5. The van der Waals surface area contributed by atoms with E-state index in [1.807, 2.05) is 0 Å². The van der Waals surface area contributed by atoms with Crippen LogP contribution in [0, 0.1) is 16.7 Å². The Balaban J connectivity index is 1.59. The van der Waals surface area contributed by atoms with E-state index < -0.39 is 94.4 Å². The maximum atomic E-state index is 14.5. The first kappa shape index (κ1) is 40.8. The van der Waals surface area contributed by atoms with Gasteiger partial charge in [-0.2, -0.15) is 0 Å². The van der Waals surface area contributed by atoms with E-state index in [0.29, 0.717) is 5.57 Å². The number of carbonyl (C=O) groups excluding carboxylic acids is 5. The SMILES string of the molecule is CC(=O)O[C@H]1C[C@]2(C(C)(C)O)C(=C1C)[C@@H](OC(=O)c1ccccc1)[C@H](OC(=O)c1ccccc1)[C@@]1(C)[C@H]([C@@H]2OC(=O)c2ccccc2)[C@]2(OC(C)=O)CO[C@@H]2C[C@@H]1O. The van der Waals surface area contributed by atoms with Gasteiger partial charge in [-0.05, 0) is 68.3 Å². The Morgan fingerprint density at radius 1 is 0.724 bits per heavy atom. The molecule has 3 fully saturated rings. The summed E-state index contributed by atoms with van der Waals surface area (Å²) in [6.07, 6.45) is -8.60. The van der Waals surface area contributed by atoms with Crippen molar-refractivity contribution < 1.29 is 62.6 Å². The van der Waals surface area contributed by atoms with Crippen LogP contribution in [-0.4, -0.2) is 94.5 Å². The predicted octanol–water partition coefficient (Wildman–Crippen LogP) is 5.17. The minimum atomic E-state index is -1.93. The topological polar surface area (TPSA) is 181 Å². The highest BCUT2D eigenvalue weighted by atomic mass is 16.6. The number of benzene rings is 3. The van der Waals surface area contributed by atoms with Gasteiger partial charge in [-0.15, -0.1) is 0 Å². The van der Waals surface area contributed by atoms with Crippen LogP contribution in [0.25, 0.3) is 0 Å². The van der Waals surface area contributed by atoms with Crippen LogP contribution in [0.2, 0.25) is 0 Å². The molecule has 1 heterocycles. The van der Waals surface area contributed by atoms with Gasteiger partial charge >= 0.3 is 29.8 Å². The lowest BCUT2D eigenvalue weighted by molar-refractivity contribution is -0.350. The van der Waals surface area contributed by atoms with Gasteiger partial charge in [0.05, 0.1) is 46.3 Å². The summed E-state index contributed by atoms with van der Waals surface area (Å²) in [4.78, 5) is 69.3. The molecule has 13 heteroatoms. The number of aliphatic hydroxyl groups is 2. The van der Waals surface area contributed by atoms with Crippen molar-refractivity contribution in [2.24, 2.45) is 16.7 Å². The minimum Gasteiger partial charge on any atom is -0.458 e. The fourth-order valence-corrected chi connectivity index (χ4v) is 10.1. The number of rotatable bonds is 9. The second-order valence-electron chi connectivity index (χ2n) is 16.4. The molecule has 0 unspecified atom stereocenters. The number of aliphatic hydroxyl groups excluding tert-OH is 1. The van der Waals surface area contributed by atoms with Crippen LogP contribution in [0.5, 0.6) is 0 Å². The lowest BCUT2D eigenvalue weighted by Crippen LogP contribution is -2.79. The fraction of sp³-hybridized carbons (Fsp3) is 0.444. The molecule has 306 valence electrons. The molecule has 10 atom stereocenters. The van der Waals surface area contributed by atoms with E-state index in [1.165, 1.54) is 27.7 Å². The monoisotopic (exact) mass is 796 g/mol. The normalized spacial score (nSPS) is 32.5. The Bertz CT molecular complexity index is 2110. The summed E-state index contributed by atoms with van der Waals surface area (Å²) >= 11 is 0. The third-order valence-electron chi connectivity index (χ3n) is 12.7. The number of fused-ring (bicyclic) bond motifs is 4. The zero-order valence-corrected chi connectivity index (χ0v) is 33.2. The van der Waals surface area contributed by atoms with Crippen molar-refractivity contribution in [2.45, 2.75) is 102 Å². The molecule has 0 amide bonds. The Hall–Kier alpha value is -5.37. The summed E-state index contributed by atoms with van der Waals surface area (Å²) in [5.74, 6) is -5.19. The van der Waals surface area contributed by atoms with Crippen molar-refractivity contribution >= 4 is 29.8 Å². The smallest absolute Gasteiger partial charge is 0.338 e. The van der Waals surface area contributed by atoms with Gasteiger partial charge in [0.15, 0.2) is 17.8 Å². The Morgan fingerprint density at radius 2 is 1.21 bits per heavy atom. The summed E-state index contributed by atoms with van der Waals surface area (Å²) < 4.78 is 38.0. The number of ether oxygens (including phenoxy) is 6. The summed E-state index contributed by atoms with van der Waals surface area (Å²) in [5, 5.41) is 25.4. The van der Waals surface area contributed by atoms with Crippen LogP contribution in [0.1, 0.15) is 85.5 Å². The lowest BCUT2D eigenvalue weighted by Gasteiger charge is -2.65. The van der Waals surface area contributed by atoms with Crippen LogP contribution in [0.4, 0.5) is 0 Å². The number of carbonyl (C=O) groups is 5. The third kappa shape index (κ3) is 6.58. The van der Waals surface area contributed by atoms with Crippen LogP contribution in [0.3, 0.4) is 0 Å². The third-order valence-corrected chi connectivity index (χ3v) is 12.7. The molecule has 1 saturated heterocycles. The molecule has 3 aliphatic carbocycles. The van der Waals surface area contributed by atoms with Gasteiger partial charge in [-0.3, -0.25) is 9.59 Å². The molecule has 0 radical (unpaired) electrons. The molecule has 0 aromatic heterocycles. The van der Waals surface area contributed by atoms with Gasteiger partial charge in [0, 0.05) is 32.1 Å². The average Bonchev–Trinajstić information content (AvgIpc) is 3.44. The fourth-order valence-electron chi connectivity index (χ4n) is 10.1. The largest absolute Gasteiger partial charge is 0.458 e. The van der Waals surface area contributed by atoms with E-state index in [0.717, 1.165) is 0 Å². The standard InChI is InChI=1S/C45H48O13/c1-25-31(54-26(2)46)23-44(42(4,5)52)34(25)35(55-39(49)28-16-10-7-11-17-28)37(56-40(50)29-18-12-8-13-19-29)43(6)32(48)22-33-45(24-53-33,58-27(3)47)36(43)38(44)57-41(51)30-20-14-9-15-21-30/h7-21,31-33,35-38,48,52H,22-24H2,1-6H3/t31-,32-,33+,35+,36-,37-,38-,43+,44-,45-/m0/s1. The van der Waals surface area contributed by atoms with Crippen molar-refractivity contribution in [3.8, 4) is 0 Å². The molecule has 7 rings (SSSR count). The molecule has 4 aliphatic rings. The molecule has 0 spiro atoms. The minimum absolute atomic E-state index is 0.123. The van der Waals surface area contributed by atoms with Gasteiger partial charge in [-0.1, -0.05) is 61.5 Å². The summed E-state index contributed by atoms with van der Waals surface area (Å²) in [7, 11) is 0. The first-order chi connectivity index (χ1) is 27.5. The lowest BCUT2D eigenvalue weighted by atomic mass is 9.49. The summed E-state index contributed by atoms with van der Waals surface area (Å²) in [5.41, 5.74) is -6.30. The van der Waals surface area contributed by atoms with Crippen molar-refractivity contribution in [3.05, 3.63) is 119 Å². The van der Waals surface area contributed by atoms with Gasteiger partial charge in [0.1, 0.15) is 18.3 Å². The first-order valence-corrected chi connectivity index (χ1v) is 19.3. The number of esters is 5. The highest BCUT2D eigenvalue weighted by Gasteiger charge is 2.80. The van der Waals surface area contributed by atoms with Gasteiger partial charge in [0.2, 0.25) is 0 Å². The van der Waals surface area contributed by atoms with E-state index in [4.69, 9.17) is 28.4 Å². The van der Waals surface area contributed by atoms with Crippen molar-refractivity contribution in [3.63, 3.8) is 0 Å². The molecule has 3 aromatic carbocycles. The molecular formula is C45H48O13. The zero-order chi connectivity index (χ0) is 41.8. The summed E-state index contributed by atoms with van der Waals surface area (Å²) in [6, 6.07) is 24.3.